The van der Waals surface area contributed by atoms with Crippen LogP contribution in [0.25, 0.3) is 10.8 Å². The zero-order valence-corrected chi connectivity index (χ0v) is 9.45. The van der Waals surface area contributed by atoms with E-state index < -0.39 is 0 Å². The summed E-state index contributed by atoms with van der Waals surface area (Å²) in [6.45, 7) is 4.18. The average molecular weight is 200 g/mol. The predicted octanol–water partition coefficient (Wildman–Crippen LogP) is 3.72. The first-order chi connectivity index (χ1) is 7.15. The van der Waals surface area contributed by atoms with Crippen LogP contribution in [0.4, 0.5) is 0 Å². The van der Waals surface area contributed by atoms with Crippen LogP contribution in [-0.4, -0.2) is 7.11 Å². The van der Waals surface area contributed by atoms with Gasteiger partial charge in [0.1, 0.15) is 0 Å². The molecule has 0 unspecified atom stereocenters. The minimum atomic E-state index is -0.235. The van der Waals surface area contributed by atoms with Gasteiger partial charge in [0.15, 0.2) is 0 Å². The normalized spacial score (nSPS) is 11.9. The Bertz CT molecular complexity index is 466. The molecule has 78 valence electrons. The molecular formula is C14H16O. The summed E-state index contributed by atoms with van der Waals surface area (Å²) in [6, 6.07) is 14.7. The highest BCUT2D eigenvalue weighted by Crippen LogP contribution is 2.30. The van der Waals surface area contributed by atoms with Gasteiger partial charge in [-0.3, -0.25) is 0 Å². The molecule has 0 aliphatic rings. The van der Waals surface area contributed by atoms with Crippen molar-refractivity contribution in [2.75, 3.05) is 7.11 Å². The average Bonchev–Trinajstić information content (AvgIpc) is 2.28. The fourth-order valence-corrected chi connectivity index (χ4v) is 1.86. The smallest absolute Gasteiger partial charge is 0.0877 e. The lowest BCUT2D eigenvalue weighted by Crippen LogP contribution is -2.19. The molecule has 0 N–H and O–H groups in total. The van der Waals surface area contributed by atoms with E-state index in [1.165, 1.54) is 16.3 Å². The van der Waals surface area contributed by atoms with E-state index in [1.54, 1.807) is 7.11 Å². The van der Waals surface area contributed by atoms with Gasteiger partial charge in [0.25, 0.3) is 0 Å². The minimum absolute atomic E-state index is 0.235. The maximum absolute atomic E-state index is 5.53. The molecule has 0 fully saturated rings. The molecule has 2 aromatic carbocycles. The Balaban J connectivity index is 2.71. The van der Waals surface area contributed by atoms with Crippen LogP contribution in [0.3, 0.4) is 0 Å². The third-order valence-corrected chi connectivity index (χ3v) is 2.95. The summed E-state index contributed by atoms with van der Waals surface area (Å²) < 4.78 is 5.53. The van der Waals surface area contributed by atoms with Crippen molar-refractivity contribution in [1.29, 1.82) is 0 Å². The molecule has 2 aromatic rings. The molecule has 15 heavy (non-hydrogen) atoms. The molecule has 0 amide bonds. The maximum Gasteiger partial charge on any atom is 0.0877 e. The molecule has 0 aliphatic heterocycles. The topological polar surface area (TPSA) is 9.23 Å². The minimum Gasteiger partial charge on any atom is -0.374 e. The van der Waals surface area contributed by atoms with Gasteiger partial charge in [0, 0.05) is 7.11 Å². The lowest BCUT2D eigenvalue weighted by atomic mass is 9.92. The molecule has 0 radical (unpaired) electrons. The van der Waals surface area contributed by atoms with Crippen LogP contribution >= 0.6 is 0 Å². The largest absolute Gasteiger partial charge is 0.374 e. The number of ether oxygens (including phenoxy) is 1. The van der Waals surface area contributed by atoms with Crippen LogP contribution in [0, 0.1) is 0 Å². The van der Waals surface area contributed by atoms with Gasteiger partial charge in [-0.15, -0.1) is 0 Å². The first-order valence-electron chi connectivity index (χ1n) is 5.18. The maximum atomic E-state index is 5.53. The van der Waals surface area contributed by atoms with E-state index in [0.717, 1.165) is 0 Å². The zero-order chi connectivity index (χ0) is 10.9. The Labute approximate surface area is 90.7 Å². The van der Waals surface area contributed by atoms with Crippen molar-refractivity contribution in [2.24, 2.45) is 0 Å². The molecule has 0 saturated carbocycles. The van der Waals surface area contributed by atoms with Gasteiger partial charge >= 0.3 is 0 Å². The van der Waals surface area contributed by atoms with Gasteiger partial charge in [-0.25, -0.2) is 0 Å². The van der Waals surface area contributed by atoms with E-state index >= 15 is 0 Å². The van der Waals surface area contributed by atoms with E-state index in [-0.39, 0.29) is 5.60 Å². The molecule has 0 saturated heterocycles. The van der Waals surface area contributed by atoms with Gasteiger partial charge in [0.05, 0.1) is 5.60 Å². The number of hydrogen-bond donors (Lipinski definition) is 0. The second-order valence-corrected chi connectivity index (χ2v) is 4.24. The fourth-order valence-electron chi connectivity index (χ4n) is 1.86. The molecule has 0 aromatic heterocycles. The van der Waals surface area contributed by atoms with Crippen molar-refractivity contribution in [3.63, 3.8) is 0 Å². The van der Waals surface area contributed by atoms with Gasteiger partial charge in [-0.1, -0.05) is 42.5 Å². The highest BCUT2D eigenvalue weighted by atomic mass is 16.5. The summed E-state index contributed by atoms with van der Waals surface area (Å²) in [5.41, 5.74) is 1.00. The lowest BCUT2D eigenvalue weighted by molar-refractivity contribution is 0.0205. The van der Waals surface area contributed by atoms with E-state index in [2.05, 4.69) is 56.3 Å². The molecule has 0 atom stereocenters. The van der Waals surface area contributed by atoms with Gasteiger partial charge < -0.3 is 4.74 Å². The number of hydrogen-bond acceptors (Lipinski definition) is 1. The third kappa shape index (κ3) is 1.75. The summed E-state index contributed by atoms with van der Waals surface area (Å²) in [6.07, 6.45) is 0. The van der Waals surface area contributed by atoms with Crippen LogP contribution in [0.5, 0.6) is 0 Å². The first kappa shape index (κ1) is 10.2. The number of benzene rings is 2. The zero-order valence-electron chi connectivity index (χ0n) is 9.45. The molecule has 1 heteroatoms. The van der Waals surface area contributed by atoms with Crippen molar-refractivity contribution in [3.8, 4) is 0 Å². The van der Waals surface area contributed by atoms with Crippen LogP contribution in [0.2, 0.25) is 0 Å². The summed E-state index contributed by atoms with van der Waals surface area (Å²) in [4.78, 5) is 0. The van der Waals surface area contributed by atoms with Crippen LogP contribution < -0.4 is 0 Å². The Morgan fingerprint density at radius 2 is 1.60 bits per heavy atom. The molecule has 1 nitrogen and oxygen atoms in total. The second kappa shape index (κ2) is 3.67. The lowest BCUT2D eigenvalue weighted by Gasteiger charge is -2.25. The Hall–Kier alpha value is -1.34. The van der Waals surface area contributed by atoms with Gasteiger partial charge in [0.2, 0.25) is 0 Å². The standard InChI is InChI=1S/C14H16O/c1-14(2,15-3)13-10-6-8-11-7-4-5-9-12(11)13/h4-10H,1-3H3. The van der Waals surface area contributed by atoms with Gasteiger partial charge in [-0.05, 0) is 30.2 Å². The van der Waals surface area contributed by atoms with E-state index in [4.69, 9.17) is 4.74 Å². The fraction of sp³-hybridized carbons (Fsp3) is 0.286. The predicted molar refractivity (Wildman–Crippen MR) is 64.0 cm³/mol. The molecule has 0 spiro atoms. The highest BCUT2D eigenvalue weighted by molar-refractivity contribution is 5.86. The van der Waals surface area contributed by atoms with Gasteiger partial charge in [-0.2, -0.15) is 0 Å². The van der Waals surface area contributed by atoms with E-state index in [9.17, 15) is 0 Å². The van der Waals surface area contributed by atoms with Crippen molar-refractivity contribution in [1.82, 2.24) is 0 Å². The molecule has 0 heterocycles. The van der Waals surface area contributed by atoms with Crippen molar-refractivity contribution in [3.05, 3.63) is 48.0 Å². The Kier molecular flexibility index (Phi) is 2.49. The Morgan fingerprint density at radius 1 is 0.933 bits per heavy atom. The summed E-state index contributed by atoms with van der Waals surface area (Å²) in [7, 11) is 1.75. The van der Waals surface area contributed by atoms with Crippen LogP contribution in [0.1, 0.15) is 19.4 Å². The third-order valence-electron chi connectivity index (χ3n) is 2.95. The summed E-state index contributed by atoms with van der Waals surface area (Å²) >= 11 is 0. The number of methoxy groups -OCH3 is 1. The van der Waals surface area contributed by atoms with Crippen LogP contribution in [-0.2, 0) is 10.3 Å². The van der Waals surface area contributed by atoms with Crippen LogP contribution in [0.15, 0.2) is 42.5 Å². The summed E-state index contributed by atoms with van der Waals surface area (Å²) in [5.74, 6) is 0. The quantitative estimate of drug-likeness (QED) is 0.718. The molecular weight excluding hydrogens is 184 g/mol. The summed E-state index contributed by atoms with van der Waals surface area (Å²) in [5, 5.41) is 2.53. The van der Waals surface area contributed by atoms with Crippen molar-refractivity contribution in [2.45, 2.75) is 19.4 Å². The highest BCUT2D eigenvalue weighted by Gasteiger charge is 2.21. The number of fused-ring (bicyclic) bond motifs is 1. The SMILES string of the molecule is COC(C)(C)c1cccc2ccccc12. The second-order valence-electron chi connectivity index (χ2n) is 4.24. The molecule has 0 aliphatic carbocycles. The first-order valence-corrected chi connectivity index (χ1v) is 5.18. The molecule has 0 bridgehead atoms. The van der Waals surface area contributed by atoms with Crippen molar-refractivity contribution < 1.29 is 4.74 Å². The number of rotatable bonds is 2. The monoisotopic (exact) mass is 200 g/mol. The molecule has 2 rings (SSSR count). The van der Waals surface area contributed by atoms with Crippen molar-refractivity contribution >= 4 is 10.8 Å². The van der Waals surface area contributed by atoms with E-state index in [1.807, 2.05) is 0 Å². The Morgan fingerprint density at radius 3 is 2.33 bits per heavy atom. The van der Waals surface area contributed by atoms with E-state index in [0.29, 0.717) is 0 Å².